The lowest BCUT2D eigenvalue weighted by molar-refractivity contribution is -0.116. The summed E-state index contributed by atoms with van der Waals surface area (Å²) in [6, 6.07) is 0.163. The number of amides is 1. The van der Waals surface area contributed by atoms with Gasteiger partial charge in [-0.3, -0.25) is 9.48 Å². The van der Waals surface area contributed by atoms with Gasteiger partial charge in [0.25, 0.3) is 0 Å². The molecule has 0 radical (unpaired) electrons. The Kier molecular flexibility index (Phi) is 4.98. The van der Waals surface area contributed by atoms with Gasteiger partial charge in [0, 0.05) is 25.2 Å². The molecule has 16 heavy (non-hydrogen) atoms. The van der Waals surface area contributed by atoms with E-state index in [1.807, 2.05) is 20.0 Å². The molecule has 5 nitrogen and oxygen atoms in total. The van der Waals surface area contributed by atoms with E-state index in [1.54, 1.807) is 10.9 Å². The van der Waals surface area contributed by atoms with Gasteiger partial charge in [0.15, 0.2) is 0 Å². The molecule has 0 aliphatic carbocycles. The fraction of sp³-hybridized carbons (Fsp3) is 0.636. The van der Waals surface area contributed by atoms with Crippen molar-refractivity contribution in [2.75, 3.05) is 5.32 Å². The second-order valence-corrected chi connectivity index (χ2v) is 4.00. The molecule has 0 bridgehead atoms. The standard InChI is InChI=1S/C11H20N4O/c1-3-15-8-10(7-13-15)14-11(16)6-4-5-9(2)12/h7-9H,3-6,12H2,1-2H3,(H,14,16). The highest BCUT2D eigenvalue weighted by Crippen LogP contribution is 2.06. The zero-order valence-electron chi connectivity index (χ0n) is 9.94. The lowest BCUT2D eigenvalue weighted by Gasteiger charge is -2.04. The monoisotopic (exact) mass is 224 g/mol. The van der Waals surface area contributed by atoms with Gasteiger partial charge in [-0.1, -0.05) is 0 Å². The Morgan fingerprint density at radius 2 is 2.44 bits per heavy atom. The number of hydrogen-bond donors (Lipinski definition) is 2. The zero-order chi connectivity index (χ0) is 12.0. The number of anilines is 1. The molecule has 0 fully saturated rings. The van der Waals surface area contributed by atoms with Crippen LogP contribution in [0.1, 0.15) is 33.1 Å². The normalized spacial score (nSPS) is 12.4. The molecule has 0 aromatic carbocycles. The molecule has 0 spiro atoms. The minimum atomic E-state index is 0.0244. The van der Waals surface area contributed by atoms with Crippen molar-refractivity contribution in [3.63, 3.8) is 0 Å². The molecule has 1 amide bonds. The molecule has 3 N–H and O–H groups in total. The fourth-order valence-electron chi connectivity index (χ4n) is 1.41. The lowest BCUT2D eigenvalue weighted by atomic mass is 10.1. The van der Waals surface area contributed by atoms with E-state index in [4.69, 9.17) is 5.73 Å². The van der Waals surface area contributed by atoms with Gasteiger partial charge in [-0.15, -0.1) is 0 Å². The van der Waals surface area contributed by atoms with Crippen molar-refractivity contribution >= 4 is 11.6 Å². The minimum Gasteiger partial charge on any atom is -0.328 e. The van der Waals surface area contributed by atoms with E-state index < -0.39 is 0 Å². The van der Waals surface area contributed by atoms with E-state index in [-0.39, 0.29) is 11.9 Å². The predicted molar refractivity (Wildman–Crippen MR) is 64.0 cm³/mol. The maximum absolute atomic E-state index is 11.5. The Morgan fingerprint density at radius 3 is 3.00 bits per heavy atom. The summed E-state index contributed by atoms with van der Waals surface area (Å²) in [7, 11) is 0. The first-order chi connectivity index (χ1) is 7.61. The Hall–Kier alpha value is -1.36. The summed E-state index contributed by atoms with van der Waals surface area (Å²) in [4.78, 5) is 11.5. The average Bonchev–Trinajstić information content (AvgIpc) is 2.65. The van der Waals surface area contributed by atoms with Gasteiger partial charge >= 0.3 is 0 Å². The molecule has 0 saturated heterocycles. The smallest absolute Gasteiger partial charge is 0.224 e. The van der Waals surface area contributed by atoms with Crippen molar-refractivity contribution in [3.8, 4) is 0 Å². The molecule has 0 aliphatic rings. The summed E-state index contributed by atoms with van der Waals surface area (Å²) in [5, 5.41) is 6.89. The van der Waals surface area contributed by atoms with Gasteiger partial charge in [0.1, 0.15) is 0 Å². The third-order valence-corrected chi connectivity index (χ3v) is 2.30. The van der Waals surface area contributed by atoms with E-state index in [0.29, 0.717) is 6.42 Å². The predicted octanol–water partition coefficient (Wildman–Crippen LogP) is 1.36. The molecule has 90 valence electrons. The maximum Gasteiger partial charge on any atom is 0.224 e. The summed E-state index contributed by atoms with van der Waals surface area (Å²) >= 11 is 0. The molecule has 5 heteroatoms. The van der Waals surface area contributed by atoms with E-state index >= 15 is 0 Å². The molecule has 1 atom stereocenters. The lowest BCUT2D eigenvalue weighted by Crippen LogP contribution is -2.16. The van der Waals surface area contributed by atoms with Crippen LogP contribution in [0, 0.1) is 0 Å². The van der Waals surface area contributed by atoms with Crippen LogP contribution in [0.15, 0.2) is 12.4 Å². The molecule has 1 aromatic rings. The third kappa shape index (κ3) is 4.44. The number of nitrogens with one attached hydrogen (secondary N) is 1. The molecule has 1 aromatic heterocycles. The van der Waals surface area contributed by atoms with Crippen LogP contribution in [0.5, 0.6) is 0 Å². The van der Waals surface area contributed by atoms with E-state index in [0.717, 1.165) is 25.1 Å². The second-order valence-electron chi connectivity index (χ2n) is 4.00. The number of aromatic nitrogens is 2. The zero-order valence-corrected chi connectivity index (χ0v) is 9.94. The highest BCUT2D eigenvalue weighted by atomic mass is 16.1. The maximum atomic E-state index is 11.5. The van der Waals surface area contributed by atoms with Crippen molar-refractivity contribution in [1.82, 2.24) is 9.78 Å². The van der Waals surface area contributed by atoms with Crippen LogP contribution < -0.4 is 11.1 Å². The molecular formula is C11H20N4O. The summed E-state index contributed by atoms with van der Waals surface area (Å²) in [5.41, 5.74) is 6.36. The van der Waals surface area contributed by atoms with Crippen molar-refractivity contribution < 1.29 is 4.79 Å². The van der Waals surface area contributed by atoms with Crippen LogP contribution in [0.3, 0.4) is 0 Å². The number of aryl methyl sites for hydroxylation is 1. The fourth-order valence-corrected chi connectivity index (χ4v) is 1.41. The molecule has 0 saturated carbocycles. The summed E-state index contributed by atoms with van der Waals surface area (Å²) in [6.07, 6.45) is 5.70. The van der Waals surface area contributed by atoms with E-state index in [1.165, 1.54) is 0 Å². The quantitative estimate of drug-likeness (QED) is 0.766. The number of nitrogens with zero attached hydrogens (tertiary/aromatic N) is 2. The summed E-state index contributed by atoms with van der Waals surface area (Å²) in [6.45, 7) is 4.75. The molecule has 1 heterocycles. The number of carbonyl (C=O) groups is 1. The first-order valence-electron chi connectivity index (χ1n) is 5.69. The van der Waals surface area contributed by atoms with Gasteiger partial charge in [-0.05, 0) is 26.7 Å². The number of hydrogen-bond acceptors (Lipinski definition) is 3. The van der Waals surface area contributed by atoms with Crippen LogP contribution in [0.25, 0.3) is 0 Å². The van der Waals surface area contributed by atoms with Crippen LogP contribution in [-0.2, 0) is 11.3 Å². The summed E-state index contributed by atoms with van der Waals surface area (Å²) in [5.74, 6) is 0.0244. The number of carbonyl (C=O) groups excluding carboxylic acids is 1. The van der Waals surface area contributed by atoms with Gasteiger partial charge in [0.05, 0.1) is 11.9 Å². The van der Waals surface area contributed by atoms with Gasteiger partial charge in [0.2, 0.25) is 5.91 Å². The van der Waals surface area contributed by atoms with Gasteiger partial charge in [-0.2, -0.15) is 5.10 Å². The first kappa shape index (κ1) is 12.7. The summed E-state index contributed by atoms with van der Waals surface area (Å²) < 4.78 is 1.78. The van der Waals surface area contributed by atoms with Crippen LogP contribution in [0.2, 0.25) is 0 Å². The molecule has 1 rings (SSSR count). The molecular weight excluding hydrogens is 204 g/mol. The van der Waals surface area contributed by atoms with E-state index in [2.05, 4.69) is 10.4 Å². The second kappa shape index (κ2) is 6.27. The Morgan fingerprint density at radius 1 is 1.69 bits per heavy atom. The Labute approximate surface area is 96.0 Å². The number of nitrogens with two attached hydrogens (primary N) is 1. The number of rotatable bonds is 6. The van der Waals surface area contributed by atoms with Crippen molar-refractivity contribution in [2.45, 2.75) is 45.7 Å². The van der Waals surface area contributed by atoms with Crippen molar-refractivity contribution in [3.05, 3.63) is 12.4 Å². The van der Waals surface area contributed by atoms with Crippen molar-refractivity contribution in [2.24, 2.45) is 5.73 Å². The highest BCUT2D eigenvalue weighted by Gasteiger charge is 2.04. The first-order valence-corrected chi connectivity index (χ1v) is 5.69. The van der Waals surface area contributed by atoms with Crippen LogP contribution >= 0.6 is 0 Å². The topological polar surface area (TPSA) is 72.9 Å². The minimum absolute atomic E-state index is 0.0244. The average molecular weight is 224 g/mol. The molecule has 0 aliphatic heterocycles. The van der Waals surface area contributed by atoms with Crippen molar-refractivity contribution in [1.29, 1.82) is 0 Å². The van der Waals surface area contributed by atoms with Gasteiger partial charge in [-0.25, -0.2) is 0 Å². The van der Waals surface area contributed by atoms with E-state index in [9.17, 15) is 4.79 Å². The van der Waals surface area contributed by atoms with Crippen LogP contribution in [-0.4, -0.2) is 21.7 Å². The van der Waals surface area contributed by atoms with Crippen LogP contribution in [0.4, 0.5) is 5.69 Å². The van der Waals surface area contributed by atoms with Gasteiger partial charge < -0.3 is 11.1 Å². The Bertz CT molecular complexity index is 332. The SMILES string of the molecule is CCn1cc(NC(=O)CCCC(C)N)cn1. The molecule has 1 unspecified atom stereocenters. The highest BCUT2D eigenvalue weighted by molar-refractivity contribution is 5.90. The Balaban J connectivity index is 2.28. The third-order valence-electron chi connectivity index (χ3n) is 2.30. The largest absolute Gasteiger partial charge is 0.328 e.